The lowest BCUT2D eigenvalue weighted by atomic mass is 9.96. The van der Waals surface area contributed by atoms with Gasteiger partial charge in [0.2, 0.25) is 0 Å². The minimum Gasteiger partial charge on any atom is -0.0654 e. The normalized spacial score (nSPS) is 12.4. The molecule has 0 aromatic heterocycles. The average molecular weight is 535 g/mol. The molecular weight excluding hydrogens is 456 g/mol. The van der Waals surface area contributed by atoms with Crippen LogP contribution in [-0.4, -0.2) is 0 Å². The molecule has 0 aliphatic carbocycles. The molecule has 0 aromatic carbocycles. The second-order valence-electron chi connectivity index (χ2n) is 13.3. The molecule has 230 valence electrons. The van der Waals surface area contributed by atoms with Crippen molar-refractivity contribution in [3.05, 3.63) is 0 Å². The molecular formula is C38H78. The average Bonchev–Trinajstić information content (AvgIpc) is 2.92. The third kappa shape index (κ3) is 34.0. The van der Waals surface area contributed by atoms with Crippen LogP contribution in [0.2, 0.25) is 0 Å². The van der Waals surface area contributed by atoms with Crippen molar-refractivity contribution in [2.24, 2.45) is 5.92 Å². The van der Waals surface area contributed by atoms with Crippen molar-refractivity contribution in [3.8, 4) is 0 Å². The van der Waals surface area contributed by atoms with Gasteiger partial charge in [-0.2, -0.15) is 0 Å². The highest BCUT2D eigenvalue weighted by molar-refractivity contribution is 4.56. The number of unbranched alkanes of at least 4 members (excludes halogenated alkanes) is 30. The second kappa shape index (κ2) is 35.0. The Morgan fingerprint density at radius 2 is 0.395 bits per heavy atom. The lowest BCUT2D eigenvalue weighted by molar-refractivity contribution is 0.430. The number of rotatable bonds is 34. The van der Waals surface area contributed by atoms with Crippen LogP contribution in [0, 0.1) is 5.92 Å². The molecule has 38 heavy (non-hydrogen) atoms. The molecule has 0 heteroatoms. The van der Waals surface area contributed by atoms with Crippen molar-refractivity contribution in [1.82, 2.24) is 0 Å². The highest BCUT2D eigenvalue weighted by atomic mass is 14.1. The maximum Gasteiger partial charge on any atom is -0.0443 e. The van der Waals surface area contributed by atoms with E-state index in [4.69, 9.17) is 0 Å². The molecule has 0 saturated heterocycles. The predicted molar refractivity (Wildman–Crippen MR) is 177 cm³/mol. The van der Waals surface area contributed by atoms with Crippen LogP contribution in [0.15, 0.2) is 0 Å². The molecule has 0 radical (unpaired) electrons. The topological polar surface area (TPSA) is 0 Å². The zero-order valence-corrected chi connectivity index (χ0v) is 27.6. The van der Waals surface area contributed by atoms with Crippen LogP contribution >= 0.6 is 0 Å². The van der Waals surface area contributed by atoms with Crippen molar-refractivity contribution in [2.75, 3.05) is 0 Å². The van der Waals surface area contributed by atoms with E-state index in [1.807, 2.05) is 0 Å². The second-order valence-corrected chi connectivity index (χ2v) is 13.3. The van der Waals surface area contributed by atoms with Gasteiger partial charge in [-0.15, -0.1) is 0 Å². The van der Waals surface area contributed by atoms with E-state index in [2.05, 4.69) is 20.8 Å². The summed E-state index contributed by atoms with van der Waals surface area (Å²) >= 11 is 0. The molecule has 1 atom stereocenters. The van der Waals surface area contributed by atoms with Crippen LogP contribution in [0.1, 0.15) is 239 Å². The third-order valence-corrected chi connectivity index (χ3v) is 9.10. The molecule has 0 amide bonds. The first-order chi connectivity index (χ1) is 18.8. The molecule has 0 nitrogen and oxygen atoms in total. The smallest absolute Gasteiger partial charge is 0.0443 e. The van der Waals surface area contributed by atoms with E-state index in [1.54, 1.807) is 0 Å². The van der Waals surface area contributed by atoms with E-state index in [9.17, 15) is 0 Å². The Balaban J connectivity index is 3.08. The summed E-state index contributed by atoms with van der Waals surface area (Å²) in [5.41, 5.74) is 0. The summed E-state index contributed by atoms with van der Waals surface area (Å²) in [6, 6.07) is 0. The monoisotopic (exact) mass is 535 g/mol. The van der Waals surface area contributed by atoms with Gasteiger partial charge < -0.3 is 0 Å². The lowest BCUT2D eigenvalue weighted by Gasteiger charge is -2.11. The SMILES string of the molecule is CCCCCCCCCCCCCCCCCCCCCCCCCCCCC(C)CCCCCCCC. The molecule has 0 N–H and O–H groups in total. The maximum absolute atomic E-state index is 2.49. The molecule has 0 aliphatic rings. The van der Waals surface area contributed by atoms with Crippen LogP contribution in [-0.2, 0) is 0 Å². The summed E-state index contributed by atoms with van der Waals surface area (Å²) in [4.78, 5) is 0. The largest absolute Gasteiger partial charge is 0.0654 e. The first-order valence-electron chi connectivity index (χ1n) is 18.8. The quantitative estimate of drug-likeness (QED) is 0.0720. The predicted octanol–water partition coefficient (Wildman–Crippen LogP) is 14.9. The first kappa shape index (κ1) is 38.0. The summed E-state index contributed by atoms with van der Waals surface area (Å²) in [7, 11) is 0. The Morgan fingerprint density at radius 3 is 0.579 bits per heavy atom. The van der Waals surface area contributed by atoms with Gasteiger partial charge in [0.05, 0.1) is 0 Å². The summed E-state index contributed by atoms with van der Waals surface area (Å²) in [6.07, 6.45) is 50.3. The van der Waals surface area contributed by atoms with Crippen molar-refractivity contribution in [3.63, 3.8) is 0 Å². The zero-order chi connectivity index (χ0) is 27.6. The van der Waals surface area contributed by atoms with E-state index in [-0.39, 0.29) is 0 Å². The summed E-state index contributed by atoms with van der Waals surface area (Å²) in [5.74, 6) is 0.968. The van der Waals surface area contributed by atoms with Crippen LogP contribution in [0.5, 0.6) is 0 Å². The van der Waals surface area contributed by atoms with Gasteiger partial charge in [-0.25, -0.2) is 0 Å². The van der Waals surface area contributed by atoms with E-state index in [0.717, 1.165) is 5.92 Å². The zero-order valence-electron chi connectivity index (χ0n) is 27.6. The fourth-order valence-electron chi connectivity index (χ4n) is 6.23. The van der Waals surface area contributed by atoms with Gasteiger partial charge in [0, 0.05) is 0 Å². The Labute approximate surface area is 244 Å². The molecule has 0 bridgehead atoms. The highest BCUT2D eigenvalue weighted by Gasteiger charge is 2.02. The van der Waals surface area contributed by atoms with Crippen molar-refractivity contribution < 1.29 is 0 Å². The van der Waals surface area contributed by atoms with Crippen LogP contribution in [0.25, 0.3) is 0 Å². The molecule has 0 heterocycles. The van der Waals surface area contributed by atoms with E-state index in [1.165, 1.54) is 218 Å². The van der Waals surface area contributed by atoms with Gasteiger partial charge in [-0.3, -0.25) is 0 Å². The van der Waals surface area contributed by atoms with Gasteiger partial charge in [0.25, 0.3) is 0 Å². The fraction of sp³-hybridized carbons (Fsp3) is 1.00. The Morgan fingerprint density at radius 1 is 0.237 bits per heavy atom. The fourth-order valence-corrected chi connectivity index (χ4v) is 6.23. The van der Waals surface area contributed by atoms with E-state index >= 15 is 0 Å². The molecule has 0 saturated carbocycles. The van der Waals surface area contributed by atoms with Gasteiger partial charge >= 0.3 is 0 Å². The van der Waals surface area contributed by atoms with E-state index < -0.39 is 0 Å². The van der Waals surface area contributed by atoms with E-state index in [0.29, 0.717) is 0 Å². The van der Waals surface area contributed by atoms with Gasteiger partial charge in [-0.1, -0.05) is 239 Å². The molecule has 0 fully saturated rings. The standard InChI is InChI=1S/C38H78/c1-4-6-8-10-12-13-14-15-16-17-18-19-20-21-22-23-24-25-26-27-28-29-30-31-33-35-37-38(3)36-34-32-11-9-7-5-2/h38H,4-37H2,1-3H3. The molecule has 0 aliphatic heterocycles. The third-order valence-electron chi connectivity index (χ3n) is 9.10. The lowest BCUT2D eigenvalue weighted by Crippen LogP contribution is -1.95. The molecule has 0 spiro atoms. The van der Waals surface area contributed by atoms with Crippen LogP contribution in [0.3, 0.4) is 0 Å². The Bertz CT molecular complexity index is 385. The van der Waals surface area contributed by atoms with Crippen molar-refractivity contribution in [2.45, 2.75) is 239 Å². The van der Waals surface area contributed by atoms with Crippen molar-refractivity contribution >= 4 is 0 Å². The molecule has 1 unspecified atom stereocenters. The highest BCUT2D eigenvalue weighted by Crippen LogP contribution is 2.19. The minimum absolute atomic E-state index is 0.968. The maximum atomic E-state index is 2.49. The van der Waals surface area contributed by atoms with Gasteiger partial charge in [-0.05, 0) is 5.92 Å². The molecule has 0 rings (SSSR count). The summed E-state index contributed by atoms with van der Waals surface area (Å²) in [6.45, 7) is 7.11. The van der Waals surface area contributed by atoms with Gasteiger partial charge in [0.1, 0.15) is 0 Å². The van der Waals surface area contributed by atoms with Gasteiger partial charge in [0.15, 0.2) is 0 Å². The first-order valence-corrected chi connectivity index (χ1v) is 18.8. The van der Waals surface area contributed by atoms with Crippen LogP contribution < -0.4 is 0 Å². The summed E-state index contributed by atoms with van der Waals surface area (Å²) < 4.78 is 0. The van der Waals surface area contributed by atoms with Crippen LogP contribution in [0.4, 0.5) is 0 Å². The minimum atomic E-state index is 0.968. The number of hydrogen-bond acceptors (Lipinski definition) is 0. The number of hydrogen-bond donors (Lipinski definition) is 0. The molecule has 0 aromatic rings. The Hall–Kier alpha value is 0. The van der Waals surface area contributed by atoms with Crippen molar-refractivity contribution in [1.29, 1.82) is 0 Å². The summed E-state index contributed by atoms with van der Waals surface area (Å²) in [5, 5.41) is 0. The Kier molecular flexibility index (Phi) is 35.0.